The Morgan fingerprint density at radius 2 is 1.88 bits per heavy atom. The molecule has 1 aromatic carbocycles. The SMILES string of the molecule is Cc1ccc(-c2ccc3nnc(CNC(=O)c4cccn4C)n3n2)cc1. The molecule has 0 bridgehead atoms. The lowest BCUT2D eigenvalue weighted by molar-refractivity contribution is 0.0941. The topological polar surface area (TPSA) is 77.1 Å². The second-order valence-electron chi connectivity index (χ2n) is 6.16. The number of hydrogen-bond acceptors (Lipinski definition) is 4. The second-order valence-corrected chi connectivity index (χ2v) is 6.16. The minimum Gasteiger partial charge on any atom is -0.347 e. The Hall–Kier alpha value is -3.48. The minimum absolute atomic E-state index is 0.163. The molecule has 1 amide bonds. The van der Waals surface area contributed by atoms with Crippen molar-refractivity contribution in [3.63, 3.8) is 0 Å². The molecule has 0 aliphatic rings. The van der Waals surface area contributed by atoms with Crippen LogP contribution in [0.3, 0.4) is 0 Å². The van der Waals surface area contributed by atoms with E-state index in [0.717, 1.165) is 11.3 Å². The number of carbonyl (C=O) groups is 1. The minimum atomic E-state index is -0.163. The number of nitrogens with one attached hydrogen (secondary N) is 1. The normalized spacial score (nSPS) is 11.0. The summed E-state index contributed by atoms with van der Waals surface area (Å²) in [6.45, 7) is 2.29. The van der Waals surface area contributed by atoms with E-state index < -0.39 is 0 Å². The van der Waals surface area contributed by atoms with Crippen LogP contribution in [0.1, 0.15) is 21.9 Å². The second kappa shape index (κ2) is 6.44. The van der Waals surface area contributed by atoms with Crippen LogP contribution >= 0.6 is 0 Å². The van der Waals surface area contributed by atoms with E-state index in [4.69, 9.17) is 0 Å². The first-order valence-electron chi connectivity index (χ1n) is 8.30. The van der Waals surface area contributed by atoms with Gasteiger partial charge in [-0.3, -0.25) is 4.79 Å². The van der Waals surface area contributed by atoms with Crippen molar-refractivity contribution in [2.75, 3.05) is 0 Å². The molecule has 0 aliphatic carbocycles. The quantitative estimate of drug-likeness (QED) is 0.615. The van der Waals surface area contributed by atoms with E-state index in [2.05, 4.69) is 20.6 Å². The third kappa shape index (κ3) is 2.95. The molecule has 3 heterocycles. The molecule has 0 spiro atoms. The van der Waals surface area contributed by atoms with E-state index in [1.807, 2.05) is 62.6 Å². The van der Waals surface area contributed by atoms with Gasteiger partial charge in [0.1, 0.15) is 5.69 Å². The van der Waals surface area contributed by atoms with Gasteiger partial charge in [-0.05, 0) is 31.2 Å². The van der Waals surface area contributed by atoms with Crippen LogP contribution in [0, 0.1) is 6.92 Å². The maximum absolute atomic E-state index is 12.3. The van der Waals surface area contributed by atoms with Crippen molar-refractivity contribution in [3.8, 4) is 11.3 Å². The largest absolute Gasteiger partial charge is 0.347 e. The van der Waals surface area contributed by atoms with Gasteiger partial charge < -0.3 is 9.88 Å². The van der Waals surface area contributed by atoms with Gasteiger partial charge in [0.05, 0.1) is 12.2 Å². The van der Waals surface area contributed by atoms with Gasteiger partial charge >= 0.3 is 0 Å². The van der Waals surface area contributed by atoms with Gasteiger partial charge in [0, 0.05) is 18.8 Å². The van der Waals surface area contributed by atoms with E-state index in [1.165, 1.54) is 5.56 Å². The van der Waals surface area contributed by atoms with Crippen LogP contribution in [-0.4, -0.2) is 30.3 Å². The molecule has 0 saturated carbocycles. The number of aryl methyl sites for hydroxylation is 2. The molecule has 3 aromatic heterocycles. The summed E-state index contributed by atoms with van der Waals surface area (Å²) in [7, 11) is 1.83. The first kappa shape index (κ1) is 16.0. The van der Waals surface area contributed by atoms with Crippen molar-refractivity contribution in [1.29, 1.82) is 0 Å². The Morgan fingerprint density at radius 1 is 1.08 bits per heavy atom. The highest BCUT2D eigenvalue weighted by Crippen LogP contribution is 2.18. The molecule has 130 valence electrons. The molecule has 0 unspecified atom stereocenters. The molecular formula is C19H18N6O. The van der Waals surface area contributed by atoms with Gasteiger partial charge in [-0.25, -0.2) is 0 Å². The zero-order valence-corrected chi connectivity index (χ0v) is 14.5. The number of aromatic nitrogens is 5. The Balaban J connectivity index is 1.59. The summed E-state index contributed by atoms with van der Waals surface area (Å²) in [6, 6.07) is 15.6. The lowest BCUT2D eigenvalue weighted by atomic mass is 10.1. The Labute approximate surface area is 150 Å². The summed E-state index contributed by atoms with van der Waals surface area (Å²) in [5, 5.41) is 15.8. The third-order valence-corrected chi connectivity index (χ3v) is 4.26. The predicted molar refractivity (Wildman–Crippen MR) is 97.5 cm³/mol. The van der Waals surface area contributed by atoms with Gasteiger partial charge in [-0.15, -0.1) is 10.2 Å². The molecule has 4 aromatic rings. The van der Waals surface area contributed by atoms with E-state index in [-0.39, 0.29) is 12.5 Å². The van der Waals surface area contributed by atoms with Crippen molar-refractivity contribution in [2.24, 2.45) is 7.05 Å². The first-order valence-corrected chi connectivity index (χ1v) is 8.30. The number of nitrogens with zero attached hydrogens (tertiary/aromatic N) is 5. The number of rotatable bonds is 4. The Bertz CT molecular complexity index is 1080. The van der Waals surface area contributed by atoms with Crippen LogP contribution in [0.5, 0.6) is 0 Å². The zero-order chi connectivity index (χ0) is 18.1. The highest BCUT2D eigenvalue weighted by atomic mass is 16.1. The fourth-order valence-corrected chi connectivity index (χ4v) is 2.77. The molecule has 0 saturated heterocycles. The van der Waals surface area contributed by atoms with E-state index in [0.29, 0.717) is 17.2 Å². The van der Waals surface area contributed by atoms with Crippen LogP contribution in [-0.2, 0) is 13.6 Å². The molecule has 1 N–H and O–H groups in total. The van der Waals surface area contributed by atoms with Crippen LogP contribution in [0.2, 0.25) is 0 Å². The molecule has 7 heteroatoms. The monoisotopic (exact) mass is 346 g/mol. The molecular weight excluding hydrogens is 328 g/mol. The molecule has 0 aliphatic heterocycles. The van der Waals surface area contributed by atoms with Crippen molar-refractivity contribution in [3.05, 3.63) is 71.8 Å². The average Bonchev–Trinajstić information content (AvgIpc) is 3.26. The van der Waals surface area contributed by atoms with Crippen LogP contribution in [0.4, 0.5) is 0 Å². The van der Waals surface area contributed by atoms with Gasteiger partial charge in [0.2, 0.25) is 0 Å². The molecule has 0 fully saturated rings. The Morgan fingerprint density at radius 3 is 2.62 bits per heavy atom. The third-order valence-electron chi connectivity index (χ3n) is 4.26. The van der Waals surface area contributed by atoms with Crippen molar-refractivity contribution >= 4 is 11.6 Å². The van der Waals surface area contributed by atoms with Gasteiger partial charge in [0.25, 0.3) is 5.91 Å². The number of hydrogen-bond donors (Lipinski definition) is 1. The standard InChI is InChI=1S/C19H18N6O/c1-13-5-7-14(8-6-13)15-9-10-17-21-22-18(25(17)23-15)12-20-19(26)16-4-3-11-24(16)2/h3-11H,12H2,1-2H3,(H,20,26). The van der Waals surface area contributed by atoms with Crippen LogP contribution in [0.15, 0.2) is 54.7 Å². The zero-order valence-electron chi connectivity index (χ0n) is 14.5. The maximum Gasteiger partial charge on any atom is 0.268 e. The van der Waals surface area contributed by atoms with Crippen molar-refractivity contribution in [1.82, 2.24) is 29.7 Å². The summed E-state index contributed by atoms with van der Waals surface area (Å²) >= 11 is 0. The van der Waals surface area contributed by atoms with Crippen molar-refractivity contribution < 1.29 is 4.79 Å². The summed E-state index contributed by atoms with van der Waals surface area (Å²) in [6.07, 6.45) is 1.83. The van der Waals surface area contributed by atoms with E-state index in [9.17, 15) is 4.79 Å². The highest BCUT2D eigenvalue weighted by Gasteiger charge is 2.12. The molecule has 7 nitrogen and oxygen atoms in total. The molecule has 0 atom stereocenters. The maximum atomic E-state index is 12.3. The summed E-state index contributed by atoms with van der Waals surface area (Å²) in [5.41, 5.74) is 4.27. The predicted octanol–water partition coefficient (Wildman–Crippen LogP) is 2.37. The van der Waals surface area contributed by atoms with Gasteiger partial charge in [-0.2, -0.15) is 9.61 Å². The fourth-order valence-electron chi connectivity index (χ4n) is 2.77. The van der Waals surface area contributed by atoms with Crippen LogP contribution < -0.4 is 5.32 Å². The number of amides is 1. The van der Waals surface area contributed by atoms with E-state index in [1.54, 1.807) is 15.1 Å². The van der Waals surface area contributed by atoms with Gasteiger partial charge in [-0.1, -0.05) is 29.8 Å². The molecule has 26 heavy (non-hydrogen) atoms. The number of carbonyl (C=O) groups excluding carboxylic acids is 1. The van der Waals surface area contributed by atoms with E-state index >= 15 is 0 Å². The first-order chi connectivity index (χ1) is 12.6. The van der Waals surface area contributed by atoms with Gasteiger partial charge in [0.15, 0.2) is 11.5 Å². The lowest BCUT2D eigenvalue weighted by Crippen LogP contribution is -2.26. The van der Waals surface area contributed by atoms with Crippen LogP contribution in [0.25, 0.3) is 16.9 Å². The summed E-state index contributed by atoms with van der Waals surface area (Å²) < 4.78 is 3.44. The molecule has 0 radical (unpaired) electrons. The number of fused-ring (bicyclic) bond motifs is 1. The highest BCUT2D eigenvalue weighted by molar-refractivity contribution is 5.92. The number of benzene rings is 1. The smallest absolute Gasteiger partial charge is 0.268 e. The summed E-state index contributed by atoms with van der Waals surface area (Å²) in [5.74, 6) is 0.417. The fraction of sp³-hybridized carbons (Fsp3) is 0.158. The summed E-state index contributed by atoms with van der Waals surface area (Å²) in [4.78, 5) is 12.3. The Kier molecular flexibility index (Phi) is 3.96. The molecule has 4 rings (SSSR count). The van der Waals surface area contributed by atoms with Crippen molar-refractivity contribution in [2.45, 2.75) is 13.5 Å². The average molecular weight is 346 g/mol. The lowest BCUT2D eigenvalue weighted by Gasteiger charge is -2.06.